The van der Waals surface area contributed by atoms with Crippen LogP contribution in [0.4, 0.5) is 0 Å². The fourth-order valence-corrected chi connectivity index (χ4v) is 0.401. The van der Waals surface area contributed by atoms with Crippen LogP contribution in [0.15, 0.2) is 36.6 Å². The van der Waals surface area contributed by atoms with Crippen molar-refractivity contribution in [3.05, 3.63) is 36.6 Å². The van der Waals surface area contributed by atoms with E-state index in [2.05, 4.69) is 17.9 Å². The summed E-state index contributed by atoms with van der Waals surface area (Å²) in [4.78, 5) is 10.6. The Morgan fingerprint density at radius 3 is 2.73 bits per heavy atom. The second-order valence-electron chi connectivity index (χ2n) is 1.73. The van der Waals surface area contributed by atoms with Gasteiger partial charge in [-0.1, -0.05) is 24.3 Å². The van der Waals surface area contributed by atoms with Gasteiger partial charge in [-0.3, -0.25) is 4.79 Å². The Morgan fingerprint density at radius 1 is 1.64 bits per heavy atom. The van der Waals surface area contributed by atoms with Gasteiger partial charge in [0.1, 0.15) is 0 Å². The summed E-state index contributed by atoms with van der Waals surface area (Å²) in [5.74, 6) is -0.367. The quantitative estimate of drug-likeness (QED) is 0.282. The number of hydrogen-bond acceptors (Lipinski definition) is 2. The molecule has 0 spiro atoms. The molecule has 0 saturated carbocycles. The number of ether oxygens (including phenoxy) is 1. The number of carbonyl (C=O) groups excluding carboxylic acids is 1. The van der Waals surface area contributed by atoms with Crippen molar-refractivity contribution in [1.29, 1.82) is 0 Å². The summed E-state index contributed by atoms with van der Waals surface area (Å²) < 4.78 is 4.56. The van der Waals surface area contributed by atoms with Gasteiger partial charge in [-0.05, 0) is 6.08 Å². The smallest absolute Gasteiger partial charge is 0.314 e. The Morgan fingerprint density at radius 2 is 2.27 bits per heavy atom. The first-order valence-corrected chi connectivity index (χ1v) is 3.36. The predicted molar refractivity (Wildman–Crippen MR) is 45.0 cm³/mol. The van der Waals surface area contributed by atoms with Crippen LogP contribution in [0, 0.1) is 0 Å². The van der Waals surface area contributed by atoms with Crippen molar-refractivity contribution in [3.8, 4) is 0 Å². The maximum absolute atomic E-state index is 10.6. The minimum absolute atomic E-state index is 0.194. The molecule has 60 valence electrons. The second-order valence-corrected chi connectivity index (χ2v) is 2.22. The lowest BCUT2D eigenvalue weighted by Gasteiger charge is -1.92. The summed E-state index contributed by atoms with van der Waals surface area (Å²) in [5.41, 5.74) is 0. The van der Waals surface area contributed by atoms with Gasteiger partial charge in [0.15, 0.2) is 0 Å². The van der Waals surface area contributed by atoms with Crippen LogP contribution in [0.1, 0.15) is 6.42 Å². The van der Waals surface area contributed by atoms with Crippen LogP contribution in [0.25, 0.3) is 0 Å². The van der Waals surface area contributed by atoms with Crippen LogP contribution in [-0.4, -0.2) is 5.97 Å². The van der Waals surface area contributed by atoms with Gasteiger partial charge in [-0.2, -0.15) is 0 Å². The maximum Gasteiger partial charge on any atom is 0.314 e. The van der Waals surface area contributed by atoms with E-state index >= 15 is 0 Å². The van der Waals surface area contributed by atoms with Gasteiger partial charge < -0.3 is 4.74 Å². The van der Waals surface area contributed by atoms with E-state index in [0.29, 0.717) is 5.03 Å². The summed E-state index contributed by atoms with van der Waals surface area (Å²) in [6.45, 7) is 6.74. The SMILES string of the molecule is C=CCC(=O)OC=CC(=C)Cl. The third-order valence-corrected chi connectivity index (χ3v) is 0.885. The molecule has 0 aliphatic rings. The van der Waals surface area contributed by atoms with Gasteiger partial charge in [0, 0.05) is 5.03 Å². The third-order valence-electron chi connectivity index (χ3n) is 0.759. The molecular formula is C8H9ClO2. The Hall–Kier alpha value is -1.02. The van der Waals surface area contributed by atoms with E-state index in [1.807, 2.05) is 0 Å². The summed E-state index contributed by atoms with van der Waals surface area (Å²) >= 11 is 5.35. The molecule has 0 heterocycles. The summed E-state index contributed by atoms with van der Waals surface area (Å²) in [6, 6.07) is 0. The Labute approximate surface area is 70.8 Å². The normalized spacial score (nSPS) is 9.55. The first-order chi connectivity index (χ1) is 5.16. The molecule has 0 bridgehead atoms. The van der Waals surface area contributed by atoms with Crippen molar-refractivity contribution in [3.63, 3.8) is 0 Å². The van der Waals surface area contributed by atoms with E-state index in [1.165, 1.54) is 18.4 Å². The van der Waals surface area contributed by atoms with Gasteiger partial charge in [0.05, 0.1) is 12.7 Å². The number of halogens is 1. The Kier molecular flexibility index (Phi) is 5.21. The summed E-state index contributed by atoms with van der Waals surface area (Å²) in [6.07, 6.45) is 4.24. The van der Waals surface area contributed by atoms with E-state index in [0.717, 1.165) is 0 Å². The van der Waals surface area contributed by atoms with Gasteiger partial charge in [-0.25, -0.2) is 0 Å². The van der Waals surface area contributed by atoms with Crippen LogP contribution in [0.2, 0.25) is 0 Å². The number of allylic oxidation sites excluding steroid dienone is 2. The minimum Gasteiger partial charge on any atom is -0.434 e. The molecule has 0 radical (unpaired) electrons. The fourth-order valence-electron chi connectivity index (χ4n) is 0.350. The van der Waals surface area contributed by atoms with E-state index in [1.54, 1.807) is 0 Å². The molecule has 0 saturated heterocycles. The molecule has 0 rings (SSSR count). The average molecular weight is 173 g/mol. The first kappa shape index (κ1) is 9.98. The molecule has 3 heteroatoms. The van der Waals surface area contributed by atoms with Gasteiger partial charge >= 0.3 is 5.97 Å². The molecule has 0 atom stereocenters. The Bertz CT molecular complexity index is 194. The maximum atomic E-state index is 10.6. The second kappa shape index (κ2) is 5.74. The van der Waals surface area contributed by atoms with E-state index in [9.17, 15) is 4.79 Å². The lowest BCUT2D eigenvalue weighted by Crippen LogP contribution is -1.95. The first-order valence-electron chi connectivity index (χ1n) is 2.98. The van der Waals surface area contributed by atoms with E-state index in [4.69, 9.17) is 11.6 Å². The molecule has 0 unspecified atom stereocenters. The number of rotatable bonds is 4. The van der Waals surface area contributed by atoms with Crippen molar-refractivity contribution < 1.29 is 9.53 Å². The topological polar surface area (TPSA) is 26.3 Å². The van der Waals surface area contributed by atoms with Gasteiger partial charge in [0.2, 0.25) is 0 Å². The lowest BCUT2D eigenvalue weighted by atomic mass is 10.4. The zero-order chi connectivity index (χ0) is 8.69. The highest BCUT2D eigenvalue weighted by Crippen LogP contribution is 1.98. The van der Waals surface area contributed by atoms with Crippen LogP contribution in [0.3, 0.4) is 0 Å². The number of hydrogen-bond donors (Lipinski definition) is 0. The van der Waals surface area contributed by atoms with Crippen molar-refractivity contribution in [2.75, 3.05) is 0 Å². The average Bonchev–Trinajstić information content (AvgIpc) is 1.87. The van der Waals surface area contributed by atoms with Crippen LogP contribution >= 0.6 is 11.6 Å². The van der Waals surface area contributed by atoms with Crippen molar-refractivity contribution >= 4 is 17.6 Å². The third kappa shape index (κ3) is 6.87. The standard InChI is InChI=1S/C8H9ClO2/c1-3-4-8(10)11-6-5-7(2)9/h3,5-6H,1-2,4H2. The fraction of sp³-hybridized carbons (Fsp3) is 0.125. The zero-order valence-electron chi connectivity index (χ0n) is 6.05. The van der Waals surface area contributed by atoms with Crippen LogP contribution in [-0.2, 0) is 9.53 Å². The highest BCUT2D eigenvalue weighted by molar-refractivity contribution is 6.30. The highest BCUT2D eigenvalue weighted by Gasteiger charge is 1.93. The highest BCUT2D eigenvalue weighted by atomic mass is 35.5. The molecule has 0 aromatic heterocycles. The minimum atomic E-state index is -0.367. The zero-order valence-corrected chi connectivity index (χ0v) is 6.80. The molecular weight excluding hydrogens is 164 g/mol. The largest absolute Gasteiger partial charge is 0.434 e. The molecule has 0 amide bonds. The van der Waals surface area contributed by atoms with Gasteiger partial charge in [0.25, 0.3) is 0 Å². The van der Waals surface area contributed by atoms with Gasteiger partial charge in [-0.15, -0.1) is 6.58 Å². The molecule has 2 nitrogen and oxygen atoms in total. The van der Waals surface area contributed by atoms with Crippen molar-refractivity contribution in [2.45, 2.75) is 6.42 Å². The van der Waals surface area contributed by atoms with Crippen LogP contribution < -0.4 is 0 Å². The van der Waals surface area contributed by atoms with E-state index in [-0.39, 0.29) is 12.4 Å². The number of esters is 1. The molecule has 0 aromatic rings. The monoisotopic (exact) mass is 172 g/mol. The number of carbonyl (C=O) groups is 1. The lowest BCUT2D eigenvalue weighted by molar-refractivity contribution is -0.136. The molecule has 0 N–H and O–H groups in total. The Balaban J connectivity index is 3.61. The predicted octanol–water partition coefficient (Wildman–Crippen LogP) is 2.37. The summed E-state index contributed by atoms with van der Waals surface area (Å²) in [5, 5.41) is 0.316. The molecule has 0 aromatic carbocycles. The molecule has 0 fully saturated rings. The summed E-state index contributed by atoms with van der Waals surface area (Å²) in [7, 11) is 0. The molecule has 11 heavy (non-hydrogen) atoms. The molecule has 0 aliphatic heterocycles. The van der Waals surface area contributed by atoms with Crippen molar-refractivity contribution in [1.82, 2.24) is 0 Å². The van der Waals surface area contributed by atoms with Crippen LogP contribution in [0.5, 0.6) is 0 Å². The van der Waals surface area contributed by atoms with E-state index < -0.39 is 0 Å². The van der Waals surface area contributed by atoms with Crippen molar-refractivity contribution in [2.24, 2.45) is 0 Å². The molecule has 0 aliphatic carbocycles.